The maximum atomic E-state index is 6.08. The fraction of sp³-hybridized carbons (Fsp3) is 0.647. The van der Waals surface area contributed by atoms with Crippen LogP contribution in [0.2, 0.25) is 0 Å². The predicted octanol–water partition coefficient (Wildman–Crippen LogP) is 3.35. The van der Waals surface area contributed by atoms with Crippen LogP contribution in [-0.2, 0) is 6.42 Å². The second-order valence-electron chi connectivity index (χ2n) is 5.94. The molecule has 0 radical (unpaired) electrons. The average molecular weight is 276 g/mol. The van der Waals surface area contributed by atoms with Crippen molar-refractivity contribution in [2.45, 2.75) is 58.6 Å². The van der Waals surface area contributed by atoms with Crippen LogP contribution in [0, 0.1) is 0 Å². The number of hydrogen-bond donors (Lipinski definition) is 1. The van der Waals surface area contributed by atoms with Crippen molar-refractivity contribution in [1.82, 2.24) is 0 Å². The number of aryl methyl sites for hydroxylation is 1. The molecule has 1 aliphatic rings. The third-order valence-electron chi connectivity index (χ3n) is 4.03. The number of benzene rings is 1. The Bertz CT molecular complexity index is 431. The second kappa shape index (κ2) is 6.98. The minimum atomic E-state index is 0.313. The lowest BCUT2D eigenvalue weighted by Gasteiger charge is -2.39. The SMILES string of the molecule is CCC1CN(C(C)C)c2cc(CCCCN)ccc2O1. The van der Waals surface area contributed by atoms with E-state index in [0.717, 1.165) is 44.5 Å². The van der Waals surface area contributed by atoms with E-state index in [1.54, 1.807) is 0 Å². The van der Waals surface area contributed by atoms with E-state index in [0.29, 0.717) is 12.1 Å². The molecule has 112 valence electrons. The molecule has 2 rings (SSSR count). The van der Waals surface area contributed by atoms with Gasteiger partial charge in [-0.1, -0.05) is 13.0 Å². The molecule has 0 saturated heterocycles. The number of unbranched alkanes of at least 4 members (excludes halogenated alkanes) is 1. The number of nitrogens with two attached hydrogens (primary N) is 1. The Balaban J connectivity index is 2.19. The molecule has 2 N–H and O–H groups in total. The van der Waals surface area contributed by atoms with Gasteiger partial charge in [0, 0.05) is 6.04 Å². The first kappa shape index (κ1) is 15.2. The topological polar surface area (TPSA) is 38.5 Å². The van der Waals surface area contributed by atoms with Gasteiger partial charge in [-0.05, 0) is 63.8 Å². The van der Waals surface area contributed by atoms with Crippen LogP contribution < -0.4 is 15.4 Å². The van der Waals surface area contributed by atoms with Gasteiger partial charge in [0.05, 0.1) is 12.2 Å². The third kappa shape index (κ3) is 3.45. The fourth-order valence-corrected chi connectivity index (χ4v) is 2.75. The minimum Gasteiger partial charge on any atom is -0.486 e. The van der Waals surface area contributed by atoms with Crippen LogP contribution in [0.3, 0.4) is 0 Å². The van der Waals surface area contributed by atoms with Gasteiger partial charge in [0.25, 0.3) is 0 Å². The van der Waals surface area contributed by atoms with Crippen LogP contribution in [0.25, 0.3) is 0 Å². The monoisotopic (exact) mass is 276 g/mol. The number of ether oxygens (including phenoxy) is 1. The van der Waals surface area contributed by atoms with Crippen molar-refractivity contribution in [2.75, 3.05) is 18.0 Å². The van der Waals surface area contributed by atoms with E-state index < -0.39 is 0 Å². The molecule has 3 nitrogen and oxygen atoms in total. The van der Waals surface area contributed by atoms with Crippen LogP contribution in [0.5, 0.6) is 5.75 Å². The summed E-state index contributed by atoms with van der Waals surface area (Å²) in [4.78, 5) is 2.47. The summed E-state index contributed by atoms with van der Waals surface area (Å²) in [7, 11) is 0. The Kier molecular flexibility index (Phi) is 5.30. The van der Waals surface area contributed by atoms with Crippen molar-refractivity contribution in [1.29, 1.82) is 0 Å². The van der Waals surface area contributed by atoms with Gasteiger partial charge in [-0.2, -0.15) is 0 Å². The number of rotatable bonds is 6. The van der Waals surface area contributed by atoms with Gasteiger partial charge in [0.15, 0.2) is 0 Å². The maximum absolute atomic E-state index is 6.08. The molecule has 20 heavy (non-hydrogen) atoms. The molecule has 0 aromatic heterocycles. The quantitative estimate of drug-likeness (QED) is 0.810. The number of anilines is 1. The molecule has 0 amide bonds. The van der Waals surface area contributed by atoms with Gasteiger partial charge in [0.2, 0.25) is 0 Å². The Labute approximate surface area is 123 Å². The van der Waals surface area contributed by atoms with Gasteiger partial charge in [-0.15, -0.1) is 0 Å². The Morgan fingerprint density at radius 1 is 1.35 bits per heavy atom. The summed E-state index contributed by atoms with van der Waals surface area (Å²) in [6, 6.07) is 7.15. The van der Waals surface area contributed by atoms with E-state index in [2.05, 4.69) is 43.9 Å². The summed E-state index contributed by atoms with van der Waals surface area (Å²) in [6.07, 6.45) is 4.73. The highest BCUT2D eigenvalue weighted by molar-refractivity contribution is 5.62. The molecule has 1 aromatic rings. The molecule has 1 aliphatic heterocycles. The van der Waals surface area contributed by atoms with Crippen molar-refractivity contribution in [3.63, 3.8) is 0 Å². The summed E-state index contributed by atoms with van der Waals surface area (Å²) in [5, 5.41) is 0. The second-order valence-corrected chi connectivity index (χ2v) is 5.94. The lowest BCUT2D eigenvalue weighted by atomic mass is 10.0. The Morgan fingerprint density at radius 3 is 2.80 bits per heavy atom. The number of nitrogens with zero attached hydrogens (tertiary/aromatic N) is 1. The Hall–Kier alpha value is -1.22. The molecule has 0 fully saturated rings. The van der Waals surface area contributed by atoms with E-state index in [1.165, 1.54) is 11.3 Å². The maximum Gasteiger partial charge on any atom is 0.143 e. The van der Waals surface area contributed by atoms with E-state index >= 15 is 0 Å². The largest absolute Gasteiger partial charge is 0.486 e. The zero-order valence-electron chi connectivity index (χ0n) is 13.1. The number of hydrogen-bond acceptors (Lipinski definition) is 3. The first-order valence-electron chi connectivity index (χ1n) is 7.92. The summed E-state index contributed by atoms with van der Waals surface area (Å²) in [5.74, 6) is 1.04. The summed E-state index contributed by atoms with van der Waals surface area (Å²) in [6.45, 7) is 8.47. The summed E-state index contributed by atoms with van der Waals surface area (Å²) < 4.78 is 6.08. The summed E-state index contributed by atoms with van der Waals surface area (Å²) in [5.41, 5.74) is 8.22. The third-order valence-corrected chi connectivity index (χ3v) is 4.03. The van der Waals surface area contributed by atoms with Crippen LogP contribution >= 0.6 is 0 Å². The zero-order valence-corrected chi connectivity index (χ0v) is 13.1. The molecule has 1 atom stereocenters. The fourth-order valence-electron chi connectivity index (χ4n) is 2.75. The van der Waals surface area contributed by atoms with Gasteiger partial charge in [-0.25, -0.2) is 0 Å². The lowest BCUT2D eigenvalue weighted by molar-refractivity contribution is 0.186. The molecule has 1 aromatic carbocycles. The molecule has 0 saturated carbocycles. The van der Waals surface area contributed by atoms with Gasteiger partial charge in [0.1, 0.15) is 11.9 Å². The van der Waals surface area contributed by atoms with Crippen molar-refractivity contribution < 1.29 is 4.74 Å². The molecular weight excluding hydrogens is 248 g/mol. The highest BCUT2D eigenvalue weighted by Crippen LogP contribution is 2.36. The van der Waals surface area contributed by atoms with E-state index in [1.807, 2.05) is 0 Å². The summed E-state index contributed by atoms with van der Waals surface area (Å²) >= 11 is 0. The number of fused-ring (bicyclic) bond motifs is 1. The Morgan fingerprint density at radius 2 is 2.15 bits per heavy atom. The molecule has 1 heterocycles. The van der Waals surface area contributed by atoms with Crippen molar-refractivity contribution in [3.05, 3.63) is 23.8 Å². The van der Waals surface area contributed by atoms with Crippen LogP contribution in [-0.4, -0.2) is 25.2 Å². The van der Waals surface area contributed by atoms with E-state index in [-0.39, 0.29) is 0 Å². The zero-order chi connectivity index (χ0) is 14.5. The normalized spacial score (nSPS) is 18.1. The highest BCUT2D eigenvalue weighted by Gasteiger charge is 2.26. The molecule has 0 spiro atoms. The van der Waals surface area contributed by atoms with Crippen molar-refractivity contribution >= 4 is 5.69 Å². The average Bonchev–Trinajstić information content (AvgIpc) is 2.46. The first-order valence-corrected chi connectivity index (χ1v) is 7.92. The smallest absolute Gasteiger partial charge is 0.143 e. The minimum absolute atomic E-state index is 0.313. The van der Waals surface area contributed by atoms with Crippen LogP contribution in [0.1, 0.15) is 45.6 Å². The standard InChI is InChI=1S/C17H28N2O/c1-4-15-12-19(13(2)3)16-11-14(7-5-6-10-18)8-9-17(16)20-15/h8-9,11,13,15H,4-7,10,12,18H2,1-3H3. The van der Waals surface area contributed by atoms with Gasteiger partial charge < -0.3 is 15.4 Å². The first-order chi connectivity index (χ1) is 9.65. The molecular formula is C17H28N2O. The van der Waals surface area contributed by atoms with E-state index in [4.69, 9.17) is 10.5 Å². The molecule has 0 aliphatic carbocycles. The van der Waals surface area contributed by atoms with Gasteiger partial charge in [-0.3, -0.25) is 0 Å². The predicted molar refractivity (Wildman–Crippen MR) is 85.6 cm³/mol. The molecule has 1 unspecified atom stereocenters. The molecule has 3 heteroatoms. The van der Waals surface area contributed by atoms with Gasteiger partial charge >= 0.3 is 0 Å². The van der Waals surface area contributed by atoms with Crippen LogP contribution in [0.4, 0.5) is 5.69 Å². The van der Waals surface area contributed by atoms with Crippen LogP contribution in [0.15, 0.2) is 18.2 Å². The lowest BCUT2D eigenvalue weighted by Crippen LogP contribution is -2.43. The van der Waals surface area contributed by atoms with Crippen molar-refractivity contribution in [3.8, 4) is 5.75 Å². The molecule has 0 bridgehead atoms. The van der Waals surface area contributed by atoms with Crippen molar-refractivity contribution in [2.24, 2.45) is 5.73 Å². The van der Waals surface area contributed by atoms with E-state index in [9.17, 15) is 0 Å². The highest BCUT2D eigenvalue weighted by atomic mass is 16.5.